The van der Waals surface area contributed by atoms with Crippen molar-refractivity contribution in [3.05, 3.63) is 76.3 Å². The highest BCUT2D eigenvalue weighted by molar-refractivity contribution is 7.21. The predicted octanol–water partition coefficient (Wildman–Crippen LogP) is 6.85. The van der Waals surface area contributed by atoms with E-state index in [1.807, 2.05) is 48.5 Å². The summed E-state index contributed by atoms with van der Waals surface area (Å²) in [7, 11) is 0. The maximum atomic E-state index is 12.6. The van der Waals surface area contributed by atoms with Gasteiger partial charge in [-0.3, -0.25) is 4.79 Å². The van der Waals surface area contributed by atoms with E-state index < -0.39 is 0 Å². The molecule has 3 aromatic carbocycles. The first-order valence-corrected chi connectivity index (χ1v) is 11.0. The van der Waals surface area contributed by atoms with Gasteiger partial charge in [0.15, 0.2) is 6.61 Å². The highest BCUT2D eigenvalue weighted by Gasteiger charge is 2.17. The molecule has 1 amide bonds. The van der Waals surface area contributed by atoms with Gasteiger partial charge in [-0.05, 0) is 48.4 Å². The number of ether oxygens (including phenoxy) is 1. The SMILES string of the molecule is CCc1ccc(OCC(=O)Nc2c(Cl)cc(Cl)cc2-c2nc3ccccc3s2)cc1. The fourth-order valence-electron chi connectivity index (χ4n) is 3.00. The molecule has 30 heavy (non-hydrogen) atoms. The van der Waals surface area contributed by atoms with Gasteiger partial charge in [-0.25, -0.2) is 4.98 Å². The van der Waals surface area contributed by atoms with Crippen LogP contribution in [-0.2, 0) is 11.2 Å². The van der Waals surface area contributed by atoms with Gasteiger partial charge in [-0.1, -0.05) is 54.4 Å². The van der Waals surface area contributed by atoms with Crippen molar-refractivity contribution in [1.29, 1.82) is 0 Å². The summed E-state index contributed by atoms with van der Waals surface area (Å²) in [5.41, 5.74) is 3.23. The summed E-state index contributed by atoms with van der Waals surface area (Å²) < 4.78 is 6.64. The Morgan fingerprint density at radius 3 is 2.60 bits per heavy atom. The Balaban J connectivity index is 1.56. The van der Waals surface area contributed by atoms with Crippen LogP contribution in [0.3, 0.4) is 0 Å². The van der Waals surface area contributed by atoms with Crippen molar-refractivity contribution in [2.75, 3.05) is 11.9 Å². The lowest BCUT2D eigenvalue weighted by Gasteiger charge is -2.13. The van der Waals surface area contributed by atoms with Gasteiger partial charge >= 0.3 is 0 Å². The number of thiazole rings is 1. The van der Waals surface area contributed by atoms with E-state index in [-0.39, 0.29) is 12.5 Å². The normalized spacial score (nSPS) is 10.9. The molecule has 4 aromatic rings. The van der Waals surface area contributed by atoms with Crippen molar-refractivity contribution in [2.24, 2.45) is 0 Å². The summed E-state index contributed by atoms with van der Waals surface area (Å²) in [6, 6.07) is 18.9. The number of rotatable bonds is 6. The zero-order valence-corrected chi connectivity index (χ0v) is 18.4. The number of aromatic nitrogens is 1. The largest absolute Gasteiger partial charge is 0.484 e. The number of hydrogen-bond donors (Lipinski definition) is 1. The minimum absolute atomic E-state index is 0.135. The lowest BCUT2D eigenvalue weighted by Crippen LogP contribution is -2.20. The Hall–Kier alpha value is -2.60. The Bertz CT molecular complexity index is 1170. The highest BCUT2D eigenvalue weighted by atomic mass is 35.5. The maximum absolute atomic E-state index is 12.6. The third-order valence-electron chi connectivity index (χ3n) is 4.55. The zero-order chi connectivity index (χ0) is 21.1. The zero-order valence-electron chi connectivity index (χ0n) is 16.1. The predicted molar refractivity (Wildman–Crippen MR) is 125 cm³/mol. The van der Waals surface area contributed by atoms with Crippen molar-refractivity contribution < 1.29 is 9.53 Å². The number of halogens is 2. The molecule has 7 heteroatoms. The van der Waals surface area contributed by atoms with Gasteiger partial charge in [0, 0.05) is 10.6 Å². The van der Waals surface area contributed by atoms with E-state index in [0.717, 1.165) is 21.6 Å². The van der Waals surface area contributed by atoms with Crippen LogP contribution < -0.4 is 10.1 Å². The standard InChI is InChI=1S/C23H18Cl2N2O2S/c1-2-14-7-9-16(10-8-14)29-13-21(28)27-22-17(11-15(24)12-18(22)25)23-26-19-5-3-4-6-20(19)30-23/h3-12H,2,13H2,1H3,(H,27,28). The van der Waals surface area contributed by atoms with Crippen molar-refractivity contribution in [1.82, 2.24) is 4.98 Å². The summed E-state index contributed by atoms with van der Waals surface area (Å²) in [5.74, 6) is 0.317. The van der Waals surface area contributed by atoms with Crippen LogP contribution >= 0.6 is 34.5 Å². The van der Waals surface area contributed by atoms with E-state index in [2.05, 4.69) is 17.2 Å². The molecular formula is C23H18Cl2N2O2S. The second kappa shape index (κ2) is 9.04. The molecule has 0 aliphatic carbocycles. The number of aryl methyl sites for hydroxylation is 1. The molecule has 1 N–H and O–H groups in total. The van der Waals surface area contributed by atoms with Gasteiger partial charge in [0.2, 0.25) is 0 Å². The van der Waals surface area contributed by atoms with Gasteiger partial charge in [0.1, 0.15) is 10.8 Å². The Morgan fingerprint density at radius 1 is 1.10 bits per heavy atom. The first kappa shape index (κ1) is 20.7. The average Bonchev–Trinajstić information content (AvgIpc) is 3.18. The fourth-order valence-corrected chi connectivity index (χ4v) is 4.53. The Kier molecular flexibility index (Phi) is 6.23. The van der Waals surface area contributed by atoms with Crippen LogP contribution in [0.1, 0.15) is 12.5 Å². The van der Waals surface area contributed by atoms with E-state index in [4.69, 9.17) is 27.9 Å². The third kappa shape index (κ3) is 4.59. The van der Waals surface area contributed by atoms with Crippen molar-refractivity contribution in [2.45, 2.75) is 13.3 Å². The molecule has 0 atom stereocenters. The van der Waals surface area contributed by atoms with Crippen molar-refractivity contribution in [3.8, 4) is 16.3 Å². The van der Waals surface area contributed by atoms with Gasteiger partial charge in [0.25, 0.3) is 5.91 Å². The fraction of sp³-hybridized carbons (Fsp3) is 0.130. The smallest absolute Gasteiger partial charge is 0.262 e. The van der Waals surface area contributed by atoms with Gasteiger partial charge in [0.05, 0.1) is 20.9 Å². The monoisotopic (exact) mass is 456 g/mol. The lowest BCUT2D eigenvalue weighted by molar-refractivity contribution is -0.118. The summed E-state index contributed by atoms with van der Waals surface area (Å²) in [6.45, 7) is 1.95. The van der Waals surface area contributed by atoms with Crippen LogP contribution in [-0.4, -0.2) is 17.5 Å². The molecule has 1 heterocycles. The van der Waals surface area contributed by atoms with E-state index in [9.17, 15) is 4.79 Å². The number of anilines is 1. The van der Waals surface area contributed by atoms with Crippen molar-refractivity contribution in [3.63, 3.8) is 0 Å². The van der Waals surface area contributed by atoms with Crippen LogP contribution in [0.5, 0.6) is 5.75 Å². The molecule has 0 fully saturated rings. The number of fused-ring (bicyclic) bond motifs is 1. The molecule has 1 aromatic heterocycles. The van der Waals surface area contributed by atoms with Gasteiger partial charge < -0.3 is 10.1 Å². The molecule has 4 rings (SSSR count). The third-order valence-corrected chi connectivity index (χ3v) is 6.13. The average molecular weight is 457 g/mol. The number of carbonyl (C=O) groups is 1. The molecule has 0 spiro atoms. The van der Waals surface area contributed by atoms with Crippen LogP contribution in [0.15, 0.2) is 60.7 Å². The van der Waals surface area contributed by atoms with Crippen LogP contribution in [0, 0.1) is 0 Å². The van der Waals surface area contributed by atoms with Crippen LogP contribution in [0.25, 0.3) is 20.8 Å². The molecule has 0 saturated carbocycles. The molecule has 0 radical (unpaired) electrons. The second-order valence-corrected chi connectivity index (χ2v) is 8.51. The molecule has 0 aliphatic heterocycles. The van der Waals surface area contributed by atoms with Gasteiger partial charge in [-0.2, -0.15) is 0 Å². The van der Waals surface area contributed by atoms with Crippen LogP contribution in [0.2, 0.25) is 10.0 Å². The first-order valence-electron chi connectivity index (χ1n) is 9.40. The maximum Gasteiger partial charge on any atom is 0.262 e. The number of benzene rings is 3. The summed E-state index contributed by atoms with van der Waals surface area (Å²) in [6.07, 6.45) is 0.949. The van der Waals surface area contributed by atoms with E-state index >= 15 is 0 Å². The molecule has 0 bridgehead atoms. The molecule has 4 nitrogen and oxygen atoms in total. The Morgan fingerprint density at radius 2 is 1.87 bits per heavy atom. The van der Waals surface area contributed by atoms with E-state index in [0.29, 0.717) is 27.0 Å². The van der Waals surface area contributed by atoms with E-state index in [1.165, 1.54) is 16.9 Å². The van der Waals surface area contributed by atoms with E-state index in [1.54, 1.807) is 12.1 Å². The van der Waals surface area contributed by atoms with Gasteiger partial charge in [-0.15, -0.1) is 11.3 Å². The molecule has 152 valence electrons. The molecule has 0 aliphatic rings. The summed E-state index contributed by atoms with van der Waals surface area (Å²) in [4.78, 5) is 17.2. The number of nitrogens with one attached hydrogen (secondary N) is 1. The van der Waals surface area contributed by atoms with Crippen molar-refractivity contribution >= 4 is 56.3 Å². The molecular weight excluding hydrogens is 439 g/mol. The minimum Gasteiger partial charge on any atom is -0.484 e. The van der Waals surface area contributed by atoms with Crippen LogP contribution in [0.4, 0.5) is 5.69 Å². The lowest BCUT2D eigenvalue weighted by atomic mass is 10.1. The number of para-hydroxylation sites is 1. The first-order chi connectivity index (χ1) is 14.5. The number of hydrogen-bond acceptors (Lipinski definition) is 4. The molecule has 0 saturated heterocycles. The number of nitrogens with zero attached hydrogens (tertiary/aromatic N) is 1. The Labute approximate surface area is 188 Å². The summed E-state index contributed by atoms with van der Waals surface area (Å²) in [5, 5.41) is 4.40. The number of carbonyl (C=O) groups excluding carboxylic acids is 1. The molecule has 0 unspecified atom stereocenters. The minimum atomic E-state index is -0.318. The second-order valence-electron chi connectivity index (χ2n) is 6.63. The highest BCUT2D eigenvalue weighted by Crippen LogP contribution is 2.40. The number of amides is 1. The summed E-state index contributed by atoms with van der Waals surface area (Å²) >= 11 is 14.2. The quantitative estimate of drug-likeness (QED) is 0.345. The topological polar surface area (TPSA) is 51.2 Å².